The molecule has 7 nitrogen and oxygen atoms in total. The van der Waals surface area contributed by atoms with Crippen LogP contribution in [-0.4, -0.2) is 26.7 Å². The molecule has 3 rings (SSSR count). The van der Waals surface area contributed by atoms with Gasteiger partial charge in [-0.05, 0) is 17.7 Å². The highest BCUT2D eigenvalue weighted by atomic mass is 16.5. The zero-order valence-corrected chi connectivity index (χ0v) is 10.9. The topological polar surface area (TPSA) is 90.4 Å². The number of hydrogen-bond acceptors (Lipinski definition) is 6. The summed E-state index contributed by atoms with van der Waals surface area (Å²) in [6.45, 7) is 0.628. The number of nitrogens with two attached hydrogens (primary N) is 1. The number of fused-ring (bicyclic) bond motifs is 1. The predicted molar refractivity (Wildman–Crippen MR) is 75.5 cm³/mol. The van der Waals surface area contributed by atoms with Gasteiger partial charge in [-0.15, -0.1) is 10.2 Å². The molecule has 7 heteroatoms. The van der Waals surface area contributed by atoms with E-state index < -0.39 is 0 Å². The van der Waals surface area contributed by atoms with Crippen LogP contribution < -0.4 is 15.8 Å². The van der Waals surface area contributed by atoms with Crippen molar-refractivity contribution in [3.63, 3.8) is 0 Å². The third-order valence-electron chi connectivity index (χ3n) is 2.97. The molecular weight excluding hydrogens is 256 g/mol. The van der Waals surface area contributed by atoms with Gasteiger partial charge in [-0.3, -0.25) is 4.40 Å². The van der Waals surface area contributed by atoms with Gasteiger partial charge in [0.2, 0.25) is 11.6 Å². The summed E-state index contributed by atoms with van der Waals surface area (Å²) in [5, 5.41) is 11.1. The van der Waals surface area contributed by atoms with Crippen LogP contribution in [0, 0.1) is 0 Å². The minimum Gasteiger partial charge on any atom is -0.497 e. The number of nitrogens with zero attached hydrogens (tertiary/aromatic N) is 4. The normalized spacial score (nSPS) is 10.7. The Kier molecular flexibility index (Phi) is 3.08. The highest BCUT2D eigenvalue weighted by Crippen LogP contribution is 2.16. The molecule has 0 saturated heterocycles. The van der Waals surface area contributed by atoms with Gasteiger partial charge in [-0.1, -0.05) is 12.1 Å². The Morgan fingerprint density at radius 2 is 2.05 bits per heavy atom. The smallest absolute Gasteiger partial charge is 0.226 e. The van der Waals surface area contributed by atoms with Crippen LogP contribution in [0.2, 0.25) is 0 Å². The molecule has 3 aromatic rings. The second kappa shape index (κ2) is 5.04. The van der Waals surface area contributed by atoms with Crippen LogP contribution in [0.3, 0.4) is 0 Å². The molecule has 0 aliphatic carbocycles. The highest BCUT2D eigenvalue weighted by molar-refractivity contribution is 5.63. The molecule has 2 aromatic heterocycles. The lowest BCUT2D eigenvalue weighted by Gasteiger charge is -2.07. The Morgan fingerprint density at radius 3 is 2.80 bits per heavy atom. The minimum atomic E-state index is 0.342. The Balaban J connectivity index is 1.79. The van der Waals surface area contributed by atoms with Gasteiger partial charge in [-0.2, -0.15) is 0 Å². The van der Waals surface area contributed by atoms with E-state index in [1.165, 1.54) is 0 Å². The summed E-state index contributed by atoms with van der Waals surface area (Å²) >= 11 is 0. The average molecular weight is 270 g/mol. The lowest BCUT2D eigenvalue weighted by Crippen LogP contribution is -2.04. The van der Waals surface area contributed by atoms with Gasteiger partial charge in [0, 0.05) is 18.9 Å². The maximum Gasteiger partial charge on any atom is 0.226 e. The van der Waals surface area contributed by atoms with Crippen molar-refractivity contribution in [3.8, 4) is 5.75 Å². The number of anilines is 2. The van der Waals surface area contributed by atoms with Crippen LogP contribution in [0.5, 0.6) is 5.75 Å². The minimum absolute atomic E-state index is 0.342. The molecule has 3 N–H and O–H groups in total. The number of benzene rings is 1. The molecule has 0 fully saturated rings. The summed E-state index contributed by atoms with van der Waals surface area (Å²) in [5.41, 5.74) is 7.43. The molecule has 20 heavy (non-hydrogen) atoms. The van der Waals surface area contributed by atoms with Crippen LogP contribution in [-0.2, 0) is 6.54 Å². The first-order chi connectivity index (χ1) is 9.78. The zero-order chi connectivity index (χ0) is 13.9. The van der Waals surface area contributed by atoms with E-state index in [0.717, 1.165) is 11.3 Å². The first-order valence-electron chi connectivity index (χ1n) is 6.10. The largest absolute Gasteiger partial charge is 0.497 e. The van der Waals surface area contributed by atoms with Crippen LogP contribution >= 0.6 is 0 Å². The molecule has 2 heterocycles. The monoisotopic (exact) mass is 270 g/mol. The van der Waals surface area contributed by atoms with Crippen molar-refractivity contribution in [1.29, 1.82) is 0 Å². The maximum atomic E-state index is 5.70. The first-order valence-corrected chi connectivity index (χ1v) is 6.10. The molecule has 0 atom stereocenters. The van der Waals surface area contributed by atoms with Gasteiger partial charge < -0.3 is 15.8 Å². The molecule has 0 saturated carbocycles. The fourth-order valence-electron chi connectivity index (χ4n) is 1.90. The second-order valence-electron chi connectivity index (χ2n) is 4.23. The third-order valence-corrected chi connectivity index (χ3v) is 2.97. The molecule has 102 valence electrons. The van der Waals surface area contributed by atoms with E-state index >= 15 is 0 Å². The predicted octanol–water partition coefficient (Wildman–Crippen LogP) is 1.33. The molecule has 0 bridgehead atoms. The van der Waals surface area contributed by atoms with E-state index in [1.807, 2.05) is 24.3 Å². The molecule has 0 unspecified atom stereocenters. The maximum absolute atomic E-state index is 5.70. The van der Waals surface area contributed by atoms with Crippen LogP contribution in [0.4, 0.5) is 11.8 Å². The molecule has 0 aliphatic rings. The summed E-state index contributed by atoms with van der Waals surface area (Å²) in [4.78, 5) is 4.25. The fourth-order valence-corrected chi connectivity index (χ4v) is 1.90. The Hall–Kier alpha value is -2.83. The van der Waals surface area contributed by atoms with Gasteiger partial charge in [-0.25, -0.2) is 4.98 Å². The first kappa shape index (κ1) is 12.2. The number of nitrogen functional groups attached to an aromatic ring is 1. The van der Waals surface area contributed by atoms with Crippen molar-refractivity contribution in [1.82, 2.24) is 19.6 Å². The van der Waals surface area contributed by atoms with Gasteiger partial charge in [0.1, 0.15) is 5.75 Å². The number of rotatable bonds is 4. The number of hydrogen-bond donors (Lipinski definition) is 2. The van der Waals surface area contributed by atoms with Crippen molar-refractivity contribution in [2.24, 2.45) is 0 Å². The van der Waals surface area contributed by atoms with E-state index in [1.54, 1.807) is 23.9 Å². The number of nitrogens with one attached hydrogen (secondary N) is 1. The van der Waals surface area contributed by atoms with Crippen molar-refractivity contribution >= 4 is 17.4 Å². The van der Waals surface area contributed by atoms with E-state index in [9.17, 15) is 0 Å². The highest BCUT2D eigenvalue weighted by Gasteiger charge is 2.07. The lowest BCUT2D eigenvalue weighted by molar-refractivity contribution is 0.414. The molecule has 1 aromatic carbocycles. The van der Waals surface area contributed by atoms with Gasteiger partial charge >= 0.3 is 0 Å². The summed E-state index contributed by atoms with van der Waals surface area (Å²) in [7, 11) is 1.65. The van der Waals surface area contributed by atoms with Crippen molar-refractivity contribution in [2.45, 2.75) is 6.54 Å². The van der Waals surface area contributed by atoms with Gasteiger partial charge in [0.15, 0.2) is 5.82 Å². The SMILES string of the molecule is COc1ccc(CNc2nccn3c(N)nnc23)cc1. The second-order valence-corrected chi connectivity index (χ2v) is 4.23. The van der Waals surface area contributed by atoms with E-state index in [-0.39, 0.29) is 0 Å². The third kappa shape index (κ3) is 2.20. The summed E-state index contributed by atoms with van der Waals surface area (Å²) in [5.74, 6) is 1.82. The number of aromatic nitrogens is 4. The molecule has 0 spiro atoms. The van der Waals surface area contributed by atoms with Gasteiger partial charge in [0.05, 0.1) is 7.11 Å². The van der Waals surface area contributed by atoms with Crippen molar-refractivity contribution < 1.29 is 4.74 Å². The molecular formula is C13H14N6O. The average Bonchev–Trinajstić information content (AvgIpc) is 2.88. The quantitative estimate of drug-likeness (QED) is 0.743. The van der Waals surface area contributed by atoms with E-state index in [4.69, 9.17) is 10.5 Å². The molecule has 0 radical (unpaired) electrons. The Bertz CT molecular complexity index is 721. The number of ether oxygens (including phenoxy) is 1. The molecule has 0 aliphatic heterocycles. The zero-order valence-electron chi connectivity index (χ0n) is 10.9. The summed E-state index contributed by atoms with van der Waals surface area (Å²) in [6.07, 6.45) is 3.38. The van der Waals surface area contributed by atoms with E-state index in [2.05, 4.69) is 20.5 Å². The lowest BCUT2D eigenvalue weighted by atomic mass is 10.2. The van der Waals surface area contributed by atoms with Crippen LogP contribution in [0.1, 0.15) is 5.56 Å². The summed E-state index contributed by atoms with van der Waals surface area (Å²) < 4.78 is 6.81. The Labute approximate surface area is 115 Å². The van der Waals surface area contributed by atoms with E-state index in [0.29, 0.717) is 24.0 Å². The molecule has 0 amide bonds. The standard InChI is InChI=1S/C13H14N6O/c1-20-10-4-2-9(3-5-10)8-16-11-12-17-18-13(14)19(12)7-6-15-11/h2-7H,8H2,1H3,(H2,14,18)(H,15,16). The van der Waals surface area contributed by atoms with Crippen molar-refractivity contribution in [3.05, 3.63) is 42.2 Å². The number of methoxy groups -OCH3 is 1. The van der Waals surface area contributed by atoms with Crippen LogP contribution in [0.15, 0.2) is 36.7 Å². The van der Waals surface area contributed by atoms with Crippen LogP contribution in [0.25, 0.3) is 5.65 Å². The Morgan fingerprint density at radius 1 is 1.25 bits per heavy atom. The fraction of sp³-hybridized carbons (Fsp3) is 0.154. The van der Waals surface area contributed by atoms with Crippen molar-refractivity contribution in [2.75, 3.05) is 18.2 Å². The van der Waals surface area contributed by atoms with Gasteiger partial charge in [0.25, 0.3) is 0 Å². The summed E-state index contributed by atoms with van der Waals surface area (Å²) in [6, 6.07) is 7.81.